The lowest BCUT2D eigenvalue weighted by Gasteiger charge is -1.89. The Morgan fingerprint density at radius 2 is 1.78 bits per heavy atom. The van der Waals surface area contributed by atoms with Crippen LogP contribution in [0.15, 0.2) is 30.3 Å². The lowest BCUT2D eigenvalue weighted by atomic mass is 10.2. The van der Waals surface area contributed by atoms with Crippen LogP contribution in [0.5, 0.6) is 0 Å². The van der Waals surface area contributed by atoms with Gasteiger partial charge in [0.1, 0.15) is 0 Å². The van der Waals surface area contributed by atoms with Crippen molar-refractivity contribution in [1.82, 2.24) is 0 Å². The fraction of sp³-hybridized carbons (Fsp3) is 0.125. The number of rotatable bonds is 1. The van der Waals surface area contributed by atoms with Gasteiger partial charge in [0.2, 0.25) is 0 Å². The molecule has 0 aliphatic rings. The quantitative estimate of drug-likeness (QED) is 0.410. The molecule has 0 aromatic heterocycles. The molecule has 0 radical (unpaired) electrons. The molecule has 1 heteroatoms. The van der Waals surface area contributed by atoms with Crippen LogP contribution in [0, 0.1) is 0 Å². The van der Waals surface area contributed by atoms with Gasteiger partial charge in [0.05, 0.1) is 0 Å². The Balaban J connectivity index is 2.98. The third-order valence-electron chi connectivity index (χ3n) is 1.18. The highest BCUT2D eigenvalue weighted by atomic mass is 18.1. The van der Waals surface area contributed by atoms with Crippen LogP contribution in [0.25, 0.3) is 0 Å². The number of benzene rings is 1. The molecule has 0 atom stereocenters. The molecular formula is C8H8O. The minimum Gasteiger partial charge on any atom is -0.295 e. The maximum Gasteiger partial charge on any atom is 0.159 e. The second kappa shape index (κ2) is 2.44. The van der Waals surface area contributed by atoms with Gasteiger partial charge in [-0.25, -0.2) is 0 Å². The Morgan fingerprint density at radius 3 is 2.11 bits per heavy atom. The lowest BCUT2D eigenvalue weighted by molar-refractivity contribution is 0.101. The molecule has 0 saturated carbocycles. The Hall–Kier alpha value is -1.11. The van der Waals surface area contributed by atoms with E-state index in [0.717, 1.165) is 5.56 Å². The van der Waals surface area contributed by atoms with Gasteiger partial charge in [-0.1, -0.05) is 30.3 Å². The first-order chi connectivity index (χ1) is 4.30. The summed E-state index contributed by atoms with van der Waals surface area (Å²) in [4.78, 5) is 10.6. The molecule has 0 fully saturated rings. The molecule has 1 rings (SSSR count). The summed E-state index contributed by atoms with van der Waals surface area (Å²) in [5.74, 6) is 0.121. The molecule has 1 aromatic carbocycles. The Bertz CT molecular complexity index is 201. The Morgan fingerprint density at radius 1 is 1.22 bits per heavy atom. The fourth-order valence-corrected chi connectivity index (χ4v) is 0.673. The van der Waals surface area contributed by atoms with Crippen LogP contribution in [0.4, 0.5) is 0 Å². The van der Waals surface area contributed by atoms with E-state index in [0.29, 0.717) is 0 Å². The van der Waals surface area contributed by atoms with Crippen molar-refractivity contribution in [2.75, 3.05) is 0 Å². The molecular weight excluding hydrogens is 114 g/mol. The summed E-state index contributed by atoms with van der Waals surface area (Å²) in [5, 5.41) is 0. The Labute approximate surface area is 54.3 Å². The monoisotopic (exact) mass is 122 g/mol. The van der Waals surface area contributed by atoms with E-state index in [1.807, 2.05) is 30.3 Å². The summed E-state index contributed by atoms with van der Waals surface area (Å²) >= 11 is 0. The third kappa shape index (κ3) is 1.39. The highest BCUT2D eigenvalue weighted by Crippen LogP contribution is 1.97. The van der Waals surface area contributed by atoms with Crippen LogP contribution in [0.1, 0.15) is 17.3 Å². The molecule has 0 saturated heterocycles. The van der Waals surface area contributed by atoms with Crippen molar-refractivity contribution in [1.29, 1.82) is 0 Å². The molecule has 0 spiro atoms. The minimum absolute atomic E-state index is 0.121. The zero-order valence-corrected chi connectivity index (χ0v) is 5.29. The predicted octanol–water partition coefficient (Wildman–Crippen LogP) is 1.89. The van der Waals surface area contributed by atoms with Crippen LogP contribution < -0.4 is 0 Å². The molecule has 1 nitrogen and oxygen atoms in total. The number of carbonyl (C=O) groups is 1. The summed E-state index contributed by atoms with van der Waals surface area (Å²) in [6.45, 7) is 1.56. The zero-order chi connectivity index (χ0) is 6.69. The van der Waals surface area contributed by atoms with E-state index < -0.39 is 0 Å². The van der Waals surface area contributed by atoms with Gasteiger partial charge in [-0.2, -0.15) is 0 Å². The molecule has 0 N–H and O–H groups in total. The molecule has 0 aliphatic heterocycles. The molecule has 0 bridgehead atoms. The van der Waals surface area contributed by atoms with E-state index in [-0.39, 0.29) is 5.78 Å². The van der Waals surface area contributed by atoms with Crippen molar-refractivity contribution < 1.29 is 4.79 Å². The molecule has 0 unspecified atom stereocenters. The van der Waals surface area contributed by atoms with Crippen LogP contribution in [0.2, 0.25) is 0 Å². The van der Waals surface area contributed by atoms with Crippen molar-refractivity contribution in [2.45, 2.75) is 6.92 Å². The van der Waals surface area contributed by atoms with E-state index >= 15 is 0 Å². The first-order valence-corrected chi connectivity index (χ1v) is 2.86. The van der Waals surface area contributed by atoms with E-state index in [1.165, 1.54) is 0 Å². The zero-order valence-electron chi connectivity index (χ0n) is 5.29. The first-order valence-electron chi connectivity index (χ1n) is 2.86. The third-order valence-corrected chi connectivity index (χ3v) is 1.18. The SMILES string of the molecule is CC(=[18O])c1ccccc1. The smallest absolute Gasteiger partial charge is 0.159 e. The van der Waals surface area contributed by atoms with Crippen molar-refractivity contribution in [3.63, 3.8) is 0 Å². The van der Waals surface area contributed by atoms with Gasteiger partial charge >= 0.3 is 0 Å². The maximum atomic E-state index is 10.6. The van der Waals surface area contributed by atoms with Crippen molar-refractivity contribution in [2.24, 2.45) is 0 Å². The summed E-state index contributed by atoms with van der Waals surface area (Å²) in [5.41, 5.74) is 0.775. The van der Waals surface area contributed by atoms with Crippen LogP contribution in [-0.2, 0) is 0 Å². The van der Waals surface area contributed by atoms with Gasteiger partial charge in [-0.15, -0.1) is 0 Å². The minimum atomic E-state index is 0.121. The number of Topliss-reactive ketones (excluding diaryl/α,β-unsaturated/α-hetero) is 1. The van der Waals surface area contributed by atoms with Gasteiger partial charge in [0.15, 0.2) is 5.78 Å². The summed E-state index contributed by atoms with van der Waals surface area (Å²) in [7, 11) is 0. The highest BCUT2D eigenvalue weighted by molar-refractivity contribution is 5.93. The molecule has 0 aliphatic carbocycles. The van der Waals surface area contributed by atoms with E-state index in [9.17, 15) is 4.79 Å². The number of hydrogen-bond donors (Lipinski definition) is 0. The maximum absolute atomic E-state index is 10.6. The summed E-state index contributed by atoms with van der Waals surface area (Å²) in [6, 6.07) is 9.23. The van der Waals surface area contributed by atoms with E-state index in [4.69, 9.17) is 0 Å². The van der Waals surface area contributed by atoms with Crippen LogP contribution in [-0.4, -0.2) is 5.78 Å². The molecule has 46 valence electrons. The highest BCUT2D eigenvalue weighted by Gasteiger charge is 1.92. The average Bonchev–Trinajstić information content (AvgIpc) is 1.90. The topological polar surface area (TPSA) is 17.1 Å². The molecule has 1 aromatic rings. The van der Waals surface area contributed by atoms with Gasteiger partial charge in [0, 0.05) is 5.56 Å². The van der Waals surface area contributed by atoms with Crippen molar-refractivity contribution in [3.05, 3.63) is 35.9 Å². The largest absolute Gasteiger partial charge is 0.295 e. The lowest BCUT2D eigenvalue weighted by Crippen LogP contribution is -1.88. The predicted molar refractivity (Wildman–Crippen MR) is 36.4 cm³/mol. The molecule has 0 amide bonds. The van der Waals surface area contributed by atoms with Gasteiger partial charge < -0.3 is 0 Å². The number of hydrogen-bond acceptors (Lipinski definition) is 1. The average molecular weight is 122 g/mol. The van der Waals surface area contributed by atoms with Gasteiger partial charge in [-0.05, 0) is 6.92 Å². The van der Waals surface area contributed by atoms with Crippen LogP contribution in [0.3, 0.4) is 0 Å². The fourth-order valence-electron chi connectivity index (χ4n) is 0.673. The molecule has 9 heavy (non-hydrogen) atoms. The van der Waals surface area contributed by atoms with E-state index in [1.54, 1.807) is 6.92 Å². The summed E-state index contributed by atoms with van der Waals surface area (Å²) < 4.78 is 0. The van der Waals surface area contributed by atoms with Crippen molar-refractivity contribution in [3.8, 4) is 0 Å². The van der Waals surface area contributed by atoms with Gasteiger partial charge in [-0.3, -0.25) is 4.79 Å². The summed E-state index contributed by atoms with van der Waals surface area (Å²) in [6.07, 6.45) is 0. The molecule has 0 heterocycles. The normalized spacial score (nSPS) is 9.00. The van der Waals surface area contributed by atoms with Crippen molar-refractivity contribution >= 4 is 5.78 Å². The van der Waals surface area contributed by atoms with Crippen LogP contribution >= 0.6 is 0 Å². The van der Waals surface area contributed by atoms with Gasteiger partial charge in [0.25, 0.3) is 0 Å². The number of carbonyl (C=O) groups excluding carboxylic acids is 1. The number of ketones is 1. The second-order valence-electron chi connectivity index (χ2n) is 1.92. The Kier molecular flexibility index (Phi) is 1.63. The first kappa shape index (κ1) is 6.02. The van der Waals surface area contributed by atoms with E-state index in [2.05, 4.69) is 0 Å². The second-order valence-corrected chi connectivity index (χ2v) is 1.92. The standard InChI is InChI=1S/C8H8O/c1-7(9)8-5-3-2-4-6-8/h2-6H,1H3/i9+2.